The van der Waals surface area contributed by atoms with Gasteiger partial charge in [0.1, 0.15) is 22.0 Å². The predicted octanol–water partition coefficient (Wildman–Crippen LogP) is 3.94. The number of benzene rings is 1. The summed E-state index contributed by atoms with van der Waals surface area (Å²) in [6.07, 6.45) is 1.50. The van der Waals surface area contributed by atoms with E-state index in [1.165, 1.54) is 28.5 Å². The van der Waals surface area contributed by atoms with Crippen molar-refractivity contribution in [2.24, 2.45) is 0 Å². The normalized spacial score (nSPS) is 11.1. The maximum atomic E-state index is 4.56. The molecule has 3 aromatic heterocycles. The average Bonchev–Trinajstić information content (AvgIpc) is 3.17. The highest BCUT2D eigenvalue weighted by atomic mass is 32.2. The van der Waals surface area contributed by atoms with Gasteiger partial charge in [-0.2, -0.15) is 5.10 Å². The number of hydrogen-bond acceptors (Lipinski definition) is 6. The summed E-state index contributed by atoms with van der Waals surface area (Å²) in [5.74, 6) is 0.760. The van der Waals surface area contributed by atoms with E-state index in [-0.39, 0.29) is 0 Å². The molecule has 0 aliphatic rings. The Hall–Kier alpha value is -2.25. The van der Waals surface area contributed by atoms with Crippen LogP contribution in [0.25, 0.3) is 20.7 Å². The van der Waals surface area contributed by atoms with Gasteiger partial charge < -0.3 is 0 Å². The van der Waals surface area contributed by atoms with Gasteiger partial charge in [0.25, 0.3) is 0 Å². The molecule has 0 bridgehead atoms. The number of aromatic nitrogens is 5. The minimum absolute atomic E-state index is 0.729. The zero-order chi connectivity index (χ0) is 14.9. The van der Waals surface area contributed by atoms with Crippen LogP contribution in [0.3, 0.4) is 0 Å². The molecule has 3 heterocycles. The maximum Gasteiger partial charge on any atom is 0.189 e. The summed E-state index contributed by atoms with van der Waals surface area (Å²) in [4.78, 5) is 15.4. The first-order chi connectivity index (χ1) is 10.8. The molecule has 0 radical (unpaired) electrons. The van der Waals surface area contributed by atoms with Gasteiger partial charge in [-0.15, -0.1) is 11.3 Å². The van der Waals surface area contributed by atoms with E-state index in [0.717, 1.165) is 26.2 Å². The summed E-state index contributed by atoms with van der Waals surface area (Å²) in [7, 11) is 0. The molecule has 22 heavy (non-hydrogen) atoms. The van der Waals surface area contributed by atoms with E-state index in [2.05, 4.69) is 43.3 Å². The van der Waals surface area contributed by atoms with Crippen molar-refractivity contribution in [2.75, 3.05) is 0 Å². The van der Waals surface area contributed by atoms with Gasteiger partial charge in [0, 0.05) is 10.3 Å². The number of nitrogens with one attached hydrogen (secondary N) is 1. The molecule has 108 valence electrons. The summed E-state index contributed by atoms with van der Waals surface area (Å²) in [5, 5.41) is 9.41. The number of aromatic amines is 1. The number of hydrogen-bond donors (Lipinski definition) is 1. The number of thiophene rings is 1. The third-order valence-electron chi connectivity index (χ3n) is 3.11. The van der Waals surface area contributed by atoms with Gasteiger partial charge >= 0.3 is 0 Å². The number of fused-ring (bicyclic) bond motifs is 1. The monoisotopic (exact) mass is 325 g/mol. The lowest BCUT2D eigenvalue weighted by atomic mass is 10.2. The first-order valence-corrected chi connectivity index (χ1v) is 8.30. The molecule has 0 aliphatic heterocycles. The quantitative estimate of drug-likeness (QED) is 0.578. The molecule has 0 aliphatic carbocycles. The Bertz CT molecular complexity index is 916. The summed E-state index contributed by atoms with van der Waals surface area (Å²) < 4.78 is 0. The number of nitrogens with zero attached hydrogens (tertiary/aromatic N) is 4. The molecule has 1 N–H and O–H groups in total. The van der Waals surface area contributed by atoms with Crippen LogP contribution in [0.15, 0.2) is 52.9 Å². The summed E-state index contributed by atoms with van der Waals surface area (Å²) >= 11 is 3.15. The number of rotatable bonds is 3. The van der Waals surface area contributed by atoms with Crippen molar-refractivity contribution in [1.29, 1.82) is 0 Å². The Morgan fingerprint density at radius 2 is 2.00 bits per heavy atom. The fourth-order valence-electron chi connectivity index (χ4n) is 2.15. The van der Waals surface area contributed by atoms with Crippen molar-refractivity contribution in [3.8, 4) is 10.4 Å². The average molecular weight is 325 g/mol. The standard InChI is InChI=1S/C15H11N5S2/c1-9-18-13-11(14(19-9)22-15-16-8-17-20-15)7-12(21-13)10-5-3-2-4-6-10/h2-8H,1H3,(H,16,17,20). The largest absolute Gasteiger partial charge is 0.254 e. The molecule has 1 aromatic carbocycles. The van der Waals surface area contributed by atoms with Crippen molar-refractivity contribution in [2.45, 2.75) is 17.1 Å². The molecule has 0 spiro atoms. The molecule has 7 heteroatoms. The minimum Gasteiger partial charge on any atom is -0.254 e. The van der Waals surface area contributed by atoms with Gasteiger partial charge in [-0.05, 0) is 30.3 Å². The Morgan fingerprint density at radius 1 is 1.14 bits per heavy atom. The number of aryl methyl sites for hydroxylation is 1. The topological polar surface area (TPSA) is 67.3 Å². The van der Waals surface area contributed by atoms with Crippen LogP contribution in [-0.2, 0) is 0 Å². The number of H-pyrrole nitrogens is 1. The van der Waals surface area contributed by atoms with Crippen LogP contribution in [0.4, 0.5) is 0 Å². The molecule has 0 unspecified atom stereocenters. The molecule has 0 saturated heterocycles. The lowest BCUT2D eigenvalue weighted by Gasteiger charge is -2.00. The SMILES string of the molecule is Cc1nc(Sc2ncn[nH]2)c2cc(-c3ccccc3)sc2n1. The van der Waals surface area contributed by atoms with Gasteiger partial charge in [0.2, 0.25) is 0 Å². The molecular formula is C15H11N5S2. The Labute approximate surface area is 134 Å². The van der Waals surface area contributed by atoms with E-state index in [4.69, 9.17) is 0 Å². The van der Waals surface area contributed by atoms with Crippen molar-refractivity contribution < 1.29 is 0 Å². The second-order valence-corrected chi connectivity index (χ2v) is 6.67. The van der Waals surface area contributed by atoms with Gasteiger partial charge in [-0.3, -0.25) is 5.10 Å². The molecule has 4 rings (SSSR count). The smallest absolute Gasteiger partial charge is 0.189 e. The molecule has 0 fully saturated rings. The molecule has 0 atom stereocenters. The highest BCUT2D eigenvalue weighted by Crippen LogP contribution is 2.37. The highest BCUT2D eigenvalue weighted by molar-refractivity contribution is 7.99. The van der Waals surface area contributed by atoms with Gasteiger partial charge in [-0.1, -0.05) is 30.3 Å². The zero-order valence-electron chi connectivity index (χ0n) is 11.6. The minimum atomic E-state index is 0.729. The van der Waals surface area contributed by atoms with Crippen LogP contribution in [0.5, 0.6) is 0 Å². The molecule has 0 saturated carbocycles. The van der Waals surface area contributed by atoms with Crippen molar-refractivity contribution >= 4 is 33.3 Å². The third-order valence-corrected chi connectivity index (χ3v) is 5.09. The first kappa shape index (κ1) is 13.4. The van der Waals surface area contributed by atoms with Crippen LogP contribution < -0.4 is 0 Å². The Balaban J connectivity index is 1.85. The van der Waals surface area contributed by atoms with Crippen molar-refractivity contribution in [3.05, 3.63) is 48.5 Å². The van der Waals surface area contributed by atoms with Crippen LogP contribution in [-0.4, -0.2) is 25.1 Å². The van der Waals surface area contributed by atoms with Crippen LogP contribution in [0.1, 0.15) is 5.82 Å². The zero-order valence-corrected chi connectivity index (χ0v) is 13.3. The lowest BCUT2D eigenvalue weighted by molar-refractivity contribution is 0.960. The van der Waals surface area contributed by atoms with E-state index >= 15 is 0 Å². The van der Waals surface area contributed by atoms with Gasteiger partial charge in [-0.25, -0.2) is 15.0 Å². The van der Waals surface area contributed by atoms with E-state index < -0.39 is 0 Å². The summed E-state index contributed by atoms with van der Waals surface area (Å²) in [6.45, 7) is 1.91. The molecule has 5 nitrogen and oxygen atoms in total. The second-order valence-electron chi connectivity index (χ2n) is 4.66. The van der Waals surface area contributed by atoms with E-state index in [0.29, 0.717) is 0 Å². The van der Waals surface area contributed by atoms with E-state index in [1.54, 1.807) is 11.3 Å². The summed E-state index contributed by atoms with van der Waals surface area (Å²) in [5.41, 5.74) is 1.19. The fraction of sp³-hybridized carbons (Fsp3) is 0.0667. The maximum absolute atomic E-state index is 4.56. The van der Waals surface area contributed by atoms with Gasteiger partial charge in [0.15, 0.2) is 5.16 Å². The van der Waals surface area contributed by atoms with E-state index in [1.807, 2.05) is 25.1 Å². The van der Waals surface area contributed by atoms with Gasteiger partial charge in [0.05, 0.1) is 0 Å². The Kier molecular flexibility index (Phi) is 3.36. The molecule has 0 amide bonds. The first-order valence-electron chi connectivity index (χ1n) is 6.66. The third kappa shape index (κ3) is 2.49. The Morgan fingerprint density at radius 3 is 2.77 bits per heavy atom. The van der Waals surface area contributed by atoms with Crippen molar-refractivity contribution in [1.82, 2.24) is 25.1 Å². The molecular weight excluding hydrogens is 314 g/mol. The fourth-order valence-corrected chi connectivity index (χ4v) is 4.13. The lowest BCUT2D eigenvalue weighted by Crippen LogP contribution is -1.90. The van der Waals surface area contributed by atoms with Crippen LogP contribution in [0, 0.1) is 6.92 Å². The van der Waals surface area contributed by atoms with E-state index in [9.17, 15) is 0 Å². The van der Waals surface area contributed by atoms with Crippen LogP contribution >= 0.6 is 23.1 Å². The summed E-state index contributed by atoms with van der Waals surface area (Å²) in [6, 6.07) is 12.5. The molecule has 4 aromatic rings. The van der Waals surface area contributed by atoms with Crippen LogP contribution in [0.2, 0.25) is 0 Å². The predicted molar refractivity (Wildman–Crippen MR) is 88.1 cm³/mol. The second kappa shape index (κ2) is 5.51. The van der Waals surface area contributed by atoms with Crippen molar-refractivity contribution in [3.63, 3.8) is 0 Å². The highest BCUT2D eigenvalue weighted by Gasteiger charge is 2.13.